The lowest BCUT2D eigenvalue weighted by molar-refractivity contribution is 0.244. The third-order valence-electron chi connectivity index (χ3n) is 5.52. The van der Waals surface area contributed by atoms with E-state index in [1.54, 1.807) is 11.1 Å². The lowest BCUT2D eigenvalue weighted by Crippen LogP contribution is -2.24. The molecule has 3 atom stereocenters. The van der Waals surface area contributed by atoms with Crippen LogP contribution in [0.3, 0.4) is 0 Å². The molecular formula is C19H22. The molecule has 0 radical (unpaired) electrons. The normalized spacial score (nSPS) is 33.3. The Bertz CT molecular complexity index is 543. The Morgan fingerprint density at radius 1 is 1.26 bits per heavy atom. The van der Waals surface area contributed by atoms with E-state index in [2.05, 4.69) is 50.1 Å². The molecule has 1 fully saturated rings. The number of rotatable bonds is 2. The number of benzene rings is 1. The Kier molecular flexibility index (Phi) is 3.02. The molecule has 98 valence electrons. The first-order chi connectivity index (χ1) is 9.18. The van der Waals surface area contributed by atoms with Crippen LogP contribution in [0.1, 0.15) is 45.1 Å². The second-order valence-corrected chi connectivity index (χ2v) is 6.35. The smallest absolute Gasteiger partial charge is 0.0180 e. The van der Waals surface area contributed by atoms with Gasteiger partial charge in [0.15, 0.2) is 0 Å². The van der Waals surface area contributed by atoms with Crippen LogP contribution in [-0.2, 0) is 0 Å². The van der Waals surface area contributed by atoms with Gasteiger partial charge in [0.2, 0.25) is 0 Å². The first-order valence-electron chi connectivity index (χ1n) is 7.38. The molecule has 2 aliphatic rings. The predicted molar refractivity (Wildman–Crippen MR) is 81.4 cm³/mol. The van der Waals surface area contributed by atoms with Gasteiger partial charge in [0.05, 0.1) is 0 Å². The van der Waals surface area contributed by atoms with Gasteiger partial charge in [-0.25, -0.2) is 0 Å². The standard InChI is InChI=1S/C19H22/c1-4-13-19(3)14(2)18(15-9-6-5-7-10-15)16-11-8-12-17(16)19/h1,5-7,9-10,16-17H,8,11-13H2,2-3H3/t16-,17+,19?/m0/s1. The van der Waals surface area contributed by atoms with Crippen molar-refractivity contribution in [2.75, 3.05) is 0 Å². The summed E-state index contributed by atoms with van der Waals surface area (Å²) in [5.74, 6) is 4.43. The van der Waals surface area contributed by atoms with Gasteiger partial charge in [-0.2, -0.15) is 0 Å². The van der Waals surface area contributed by atoms with Crippen molar-refractivity contribution in [1.29, 1.82) is 0 Å². The minimum Gasteiger partial charge on any atom is -0.120 e. The molecule has 1 aromatic rings. The number of allylic oxidation sites excluding steroid dienone is 2. The molecule has 2 aliphatic carbocycles. The van der Waals surface area contributed by atoms with Crippen molar-refractivity contribution in [3.8, 4) is 12.3 Å². The monoisotopic (exact) mass is 250 g/mol. The van der Waals surface area contributed by atoms with Gasteiger partial charge < -0.3 is 0 Å². The summed E-state index contributed by atoms with van der Waals surface area (Å²) in [5, 5.41) is 0. The molecule has 19 heavy (non-hydrogen) atoms. The molecule has 1 aromatic carbocycles. The molecule has 0 heterocycles. The van der Waals surface area contributed by atoms with Crippen molar-refractivity contribution in [1.82, 2.24) is 0 Å². The van der Waals surface area contributed by atoms with Gasteiger partial charge in [-0.3, -0.25) is 0 Å². The largest absolute Gasteiger partial charge is 0.120 e. The third-order valence-corrected chi connectivity index (χ3v) is 5.52. The average Bonchev–Trinajstić information content (AvgIpc) is 2.96. The highest BCUT2D eigenvalue weighted by Crippen LogP contribution is 2.61. The molecule has 0 spiro atoms. The van der Waals surface area contributed by atoms with E-state index in [1.807, 2.05) is 0 Å². The van der Waals surface area contributed by atoms with Crippen molar-refractivity contribution in [2.24, 2.45) is 17.3 Å². The maximum absolute atomic E-state index is 5.65. The molecule has 0 saturated heterocycles. The van der Waals surface area contributed by atoms with Crippen molar-refractivity contribution >= 4 is 5.57 Å². The summed E-state index contributed by atoms with van der Waals surface area (Å²) >= 11 is 0. The third kappa shape index (κ3) is 1.76. The second-order valence-electron chi connectivity index (χ2n) is 6.35. The minimum absolute atomic E-state index is 0.223. The Labute approximate surface area is 116 Å². The van der Waals surface area contributed by atoms with Crippen LogP contribution in [0.25, 0.3) is 5.57 Å². The number of hydrogen-bond acceptors (Lipinski definition) is 0. The fraction of sp³-hybridized carbons (Fsp3) is 0.474. The van der Waals surface area contributed by atoms with E-state index in [4.69, 9.17) is 6.42 Å². The number of hydrogen-bond donors (Lipinski definition) is 0. The van der Waals surface area contributed by atoms with Crippen LogP contribution in [0.5, 0.6) is 0 Å². The van der Waals surface area contributed by atoms with Gasteiger partial charge in [0.1, 0.15) is 0 Å². The van der Waals surface area contributed by atoms with Crippen LogP contribution in [0.15, 0.2) is 35.9 Å². The Hall–Kier alpha value is -1.48. The summed E-state index contributed by atoms with van der Waals surface area (Å²) in [6.07, 6.45) is 10.6. The highest BCUT2D eigenvalue weighted by molar-refractivity contribution is 5.74. The van der Waals surface area contributed by atoms with Crippen molar-refractivity contribution in [3.63, 3.8) is 0 Å². The van der Waals surface area contributed by atoms with Crippen molar-refractivity contribution in [2.45, 2.75) is 39.5 Å². The molecule has 3 rings (SSSR count). The topological polar surface area (TPSA) is 0 Å². The van der Waals surface area contributed by atoms with Crippen LogP contribution in [-0.4, -0.2) is 0 Å². The van der Waals surface area contributed by atoms with Gasteiger partial charge in [0, 0.05) is 11.8 Å². The van der Waals surface area contributed by atoms with E-state index in [1.165, 1.54) is 24.8 Å². The van der Waals surface area contributed by atoms with Gasteiger partial charge in [-0.05, 0) is 42.7 Å². The summed E-state index contributed by atoms with van der Waals surface area (Å²) in [6.45, 7) is 4.71. The summed E-state index contributed by atoms with van der Waals surface area (Å²) in [6, 6.07) is 10.9. The zero-order chi connectivity index (χ0) is 13.5. The Morgan fingerprint density at radius 2 is 2.00 bits per heavy atom. The average molecular weight is 250 g/mol. The first kappa shape index (κ1) is 12.5. The summed E-state index contributed by atoms with van der Waals surface area (Å²) < 4.78 is 0. The molecule has 0 N–H and O–H groups in total. The van der Waals surface area contributed by atoms with E-state index in [0.29, 0.717) is 0 Å². The highest BCUT2D eigenvalue weighted by atomic mass is 14.5. The Balaban J connectivity index is 2.12. The van der Waals surface area contributed by atoms with E-state index in [9.17, 15) is 0 Å². The fourth-order valence-electron chi connectivity index (χ4n) is 4.46. The quantitative estimate of drug-likeness (QED) is 0.654. The predicted octanol–water partition coefficient (Wildman–Crippen LogP) is 4.92. The molecule has 1 unspecified atom stereocenters. The van der Waals surface area contributed by atoms with Gasteiger partial charge in [-0.15, -0.1) is 12.3 Å². The molecule has 0 nitrogen and oxygen atoms in total. The SMILES string of the molecule is C#CCC1(C)C(C)=C(c2ccccc2)[C@H]2CCC[C@H]21. The number of terminal acetylenes is 1. The van der Waals surface area contributed by atoms with E-state index in [0.717, 1.165) is 18.3 Å². The Morgan fingerprint density at radius 3 is 2.68 bits per heavy atom. The fourth-order valence-corrected chi connectivity index (χ4v) is 4.46. The zero-order valence-corrected chi connectivity index (χ0v) is 11.9. The zero-order valence-electron chi connectivity index (χ0n) is 11.9. The number of fused-ring (bicyclic) bond motifs is 1. The van der Waals surface area contributed by atoms with Crippen LogP contribution in [0.2, 0.25) is 0 Å². The molecule has 0 amide bonds. The highest BCUT2D eigenvalue weighted by Gasteiger charge is 2.50. The molecule has 0 heteroatoms. The van der Waals surface area contributed by atoms with E-state index >= 15 is 0 Å². The van der Waals surface area contributed by atoms with E-state index in [-0.39, 0.29) is 5.41 Å². The maximum Gasteiger partial charge on any atom is 0.0180 e. The van der Waals surface area contributed by atoms with Gasteiger partial charge >= 0.3 is 0 Å². The molecular weight excluding hydrogens is 228 g/mol. The minimum atomic E-state index is 0.223. The lowest BCUT2D eigenvalue weighted by atomic mass is 9.72. The van der Waals surface area contributed by atoms with Gasteiger partial charge in [-0.1, -0.05) is 49.2 Å². The van der Waals surface area contributed by atoms with Crippen LogP contribution < -0.4 is 0 Å². The molecule has 0 aliphatic heterocycles. The second kappa shape index (κ2) is 4.57. The molecule has 0 aromatic heterocycles. The van der Waals surface area contributed by atoms with E-state index < -0.39 is 0 Å². The van der Waals surface area contributed by atoms with Crippen LogP contribution in [0, 0.1) is 29.6 Å². The summed E-state index contributed by atoms with van der Waals surface area (Å²) in [7, 11) is 0. The maximum atomic E-state index is 5.65. The van der Waals surface area contributed by atoms with Crippen LogP contribution >= 0.6 is 0 Å². The molecule has 0 bridgehead atoms. The lowest BCUT2D eigenvalue weighted by Gasteiger charge is -2.31. The first-order valence-corrected chi connectivity index (χ1v) is 7.38. The summed E-state index contributed by atoms with van der Waals surface area (Å²) in [5.41, 5.74) is 4.78. The van der Waals surface area contributed by atoms with Crippen molar-refractivity contribution in [3.05, 3.63) is 41.5 Å². The van der Waals surface area contributed by atoms with Gasteiger partial charge in [0.25, 0.3) is 0 Å². The van der Waals surface area contributed by atoms with Crippen LogP contribution in [0.4, 0.5) is 0 Å². The molecule has 1 saturated carbocycles. The van der Waals surface area contributed by atoms with Crippen molar-refractivity contribution < 1.29 is 0 Å². The summed E-state index contributed by atoms with van der Waals surface area (Å²) in [4.78, 5) is 0.